The monoisotopic (exact) mass is 320 g/mol. The summed E-state index contributed by atoms with van der Waals surface area (Å²) in [5.74, 6) is 0.617. The van der Waals surface area contributed by atoms with Gasteiger partial charge in [-0.05, 0) is 36.8 Å². The minimum atomic E-state index is -0.0309. The van der Waals surface area contributed by atoms with Gasteiger partial charge in [-0.15, -0.1) is 0 Å². The van der Waals surface area contributed by atoms with E-state index < -0.39 is 0 Å². The summed E-state index contributed by atoms with van der Waals surface area (Å²) in [4.78, 5) is 0. The molecule has 0 aromatic heterocycles. The van der Waals surface area contributed by atoms with E-state index in [1.165, 1.54) is 0 Å². The van der Waals surface area contributed by atoms with Gasteiger partial charge in [0.15, 0.2) is 0 Å². The van der Waals surface area contributed by atoms with E-state index in [0.717, 1.165) is 11.3 Å². The maximum Gasteiger partial charge on any atom is 0.143 e. The van der Waals surface area contributed by atoms with Crippen LogP contribution in [0.1, 0.15) is 24.1 Å². The average Bonchev–Trinajstić information content (AvgIpc) is 2.47. The molecule has 0 radical (unpaired) electrons. The average molecular weight is 321 g/mol. The Morgan fingerprint density at radius 1 is 1.19 bits per heavy atom. The molecule has 2 rings (SSSR count). The lowest BCUT2D eigenvalue weighted by Crippen LogP contribution is -2.08. The highest BCUT2D eigenvalue weighted by molar-refractivity contribution is 6.35. The molecule has 0 aliphatic rings. The van der Waals surface area contributed by atoms with Crippen molar-refractivity contribution in [1.29, 1.82) is 5.26 Å². The zero-order valence-electron chi connectivity index (χ0n) is 11.7. The largest absolute Gasteiger partial charge is 0.495 e. The van der Waals surface area contributed by atoms with Crippen LogP contribution in [0.15, 0.2) is 36.4 Å². The molecule has 0 aliphatic heterocycles. The lowest BCUT2D eigenvalue weighted by atomic mass is 10.1. The number of methoxy groups -OCH3 is 1. The molecule has 5 heteroatoms. The number of anilines is 1. The van der Waals surface area contributed by atoms with Gasteiger partial charge in [-0.25, -0.2) is 0 Å². The molecule has 0 heterocycles. The standard InChI is InChI=1S/C16H14Cl2N2O/c1-10(13-5-4-12(17)8-14(13)18)20-15-6-3-11(9-19)7-16(15)21-2/h3-8,10,20H,1-2H3. The van der Waals surface area contributed by atoms with E-state index in [2.05, 4.69) is 11.4 Å². The summed E-state index contributed by atoms with van der Waals surface area (Å²) in [5.41, 5.74) is 2.29. The fourth-order valence-corrected chi connectivity index (χ4v) is 2.62. The van der Waals surface area contributed by atoms with Gasteiger partial charge >= 0.3 is 0 Å². The van der Waals surface area contributed by atoms with Crippen LogP contribution < -0.4 is 10.1 Å². The minimum Gasteiger partial charge on any atom is -0.495 e. The van der Waals surface area contributed by atoms with Crippen molar-refractivity contribution in [2.24, 2.45) is 0 Å². The minimum absolute atomic E-state index is 0.0309. The van der Waals surface area contributed by atoms with Crippen LogP contribution in [-0.2, 0) is 0 Å². The van der Waals surface area contributed by atoms with Crippen molar-refractivity contribution in [2.75, 3.05) is 12.4 Å². The van der Waals surface area contributed by atoms with Crippen LogP contribution >= 0.6 is 23.2 Å². The highest BCUT2D eigenvalue weighted by Gasteiger charge is 2.12. The molecule has 0 amide bonds. The van der Waals surface area contributed by atoms with E-state index >= 15 is 0 Å². The van der Waals surface area contributed by atoms with Crippen LogP contribution in [0.25, 0.3) is 0 Å². The third kappa shape index (κ3) is 3.60. The summed E-state index contributed by atoms with van der Waals surface area (Å²) in [6.45, 7) is 1.99. The second-order valence-corrected chi connectivity index (χ2v) is 5.40. The molecule has 3 nitrogen and oxygen atoms in total. The second-order valence-electron chi connectivity index (χ2n) is 4.56. The van der Waals surface area contributed by atoms with Gasteiger partial charge in [0.05, 0.1) is 30.5 Å². The van der Waals surface area contributed by atoms with Crippen LogP contribution in [0, 0.1) is 11.3 Å². The molecule has 1 atom stereocenters. The van der Waals surface area contributed by atoms with Gasteiger partial charge in [-0.2, -0.15) is 5.26 Å². The maximum atomic E-state index is 8.91. The quantitative estimate of drug-likeness (QED) is 0.857. The molecule has 2 aromatic carbocycles. The molecular formula is C16H14Cl2N2O. The summed E-state index contributed by atoms with van der Waals surface area (Å²) in [5, 5.41) is 13.5. The summed E-state index contributed by atoms with van der Waals surface area (Å²) in [6.07, 6.45) is 0. The second kappa shape index (κ2) is 6.71. The third-order valence-corrected chi connectivity index (χ3v) is 3.69. The van der Waals surface area contributed by atoms with Crippen LogP contribution in [0.3, 0.4) is 0 Å². The van der Waals surface area contributed by atoms with Crippen molar-refractivity contribution in [1.82, 2.24) is 0 Å². The lowest BCUT2D eigenvalue weighted by Gasteiger charge is -2.19. The Labute approximate surface area is 134 Å². The van der Waals surface area contributed by atoms with E-state index in [1.807, 2.05) is 19.1 Å². The molecule has 1 unspecified atom stereocenters. The van der Waals surface area contributed by atoms with Gasteiger partial charge in [0.25, 0.3) is 0 Å². The van der Waals surface area contributed by atoms with Crippen molar-refractivity contribution in [3.8, 4) is 11.8 Å². The summed E-state index contributed by atoms with van der Waals surface area (Å²) in [6, 6.07) is 12.7. The predicted octanol–water partition coefficient (Wildman–Crippen LogP) is 5.05. The molecule has 0 bridgehead atoms. The highest BCUT2D eigenvalue weighted by atomic mass is 35.5. The first-order valence-corrected chi connectivity index (χ1v) is 7.10. The van der Waals surface area contributed by atoms with Crippen molar-refractivity contribution in [3.63, 3.8) is 0 Å². The van der Waals surface area contributed by atoms with E-state index in [0.29, 0.717) is 21.4 Å². The van der Waals surface area contributed by atoms with Gasteiger partial charge in [-0.3, -0.25) is 0 Å². The summed E-state index contributed by atoms with van der Waals surface area (Å²) >= 11 is 12.1. The first kappa shape index (κ1) is 15.5. The highest BCUT2D eigenvalue weighted by Crippen LogP contribution is 2.32. The number of halogens is 2. The Morgan fingerprint density at radius 3 is 2.57 bits per heavy atom. The number of rotatable bonds is 4. The molecule has 0 aliphatic carbocycles. The number of benzene rings is 2. The number of hydrogen-bond acceptors (Lipinski definition) is 3. The molecule has 0 saturated heterocycles. The first-order chi connectivity index (χ1) is 10.0. The van der Waals surface area contributed by atoms with Crippen molar-refractivity contribution in [2.45, 2.75) is 13.0 Å². The molecule has 1 N–H and O–H groups in total. The smallest absolute Gasteiger partial charge is 0.143 e. The normalized spacial score (nSPS) is 11.6. The van der Waals surface area contributed by atoms with Crippen LogP contribution in [0.5, 0.6) is 5.75 Å². The third-order valence-electron chi connectivity index (χ3n) is 3.13. The fraction of sp³-hybridized carbons (Fsp3) is 0.188. The predicted molar refractivity (Wildman–Crippen MR) is 86.2 cm³/mol. The van der Waals surface area contributed by atoms with Gasteiger partial charge in [0.1, 0.15) is 5.75 Å². The Hall–Kier alpha value is -1.89. The van der Waals surface area contributed by atoms with Gasteiger partial charge in [0, 0.05) is 16.1 Å². The number of nitriles is 1. The maximum absolute atomic E-state index is 8.91. The molecule has 0 spiro atoms. The Balaban J connectivity index is 2.27. The first-order valence-electron chi connectivity index (χ1n) is 6.34. The van der Waals surface area contributed by atoms with Crippen molar-refractivity contribution in [3.05, 3.63) is 57.6 Å². The Bertz CT molecular complexity index is 695. The summed E-state index contributed by atoms with van der Waals surface area (Å²) < 4.78 is 5.31. The van der Waals surface area contributed by atoms with E-state index in [4.69, 9.17) is 33.2 Å². The Morgan fingerprint density at radius 2 is 1.95 bits per heavy atom. The zero-order valence-corrected chi connectivity index (χ0v) is 13.2. The SMILES string of the molecule is COc1cc(C#N)ccc1NC(C)c1ccc(Cl)cc1Cl. The molecule has 0 fully saturated rings. The molecule has 21 heavy (non-hydrogen) atoms. The van der Waals surface area contributed by atoms with Crippen LogP contribution in [0.2, 0.25) is 10.0 Å². The number of ether oxygens (including phenoxy) is 1. The van der Waals surface area contributed by atoms with Gasteiger partial charge < -0.3 is 10.1 Å². The van der Waals surface area contributed by atoms with E-state index in [1.54, 1.807) is 31.4 Å². The molecule has 2 aromatic rings. The fourth-order valence-electron chi connectivity index (χ4n) is 2.04. The van der Waals surface area contributed by atoms with Crippen molar-refractivity contribution >= 4 is 28.9 Å². The molecule has 108 valence electrons. The number of nitrogens with zero attached hydrogens (tertiary/aromatic N) is 1. The zero-order chi connectivity index (χ0) is 15.4. The number of hydrogen-bond donors (Lipinski definition) is 1. The van der Waals surface area contributed by atoms with Gasteiger partial charge in [0.2, 0.25) is 0 Å². The van der Waals surface area contributed by atoms with Gasteiger partial charge in [-0.1, -0.05) is 29.3 Å². The topological polar surface area (TPSA) is 45.0 Å². The Kier molecular flexibility index (Phi) is 4.95. The van der Waals surface area contributed by atoms with Crippen LogP contribution in [0.4, 0.5) is 5.69 Å². The van der Waals surface area contributed by atoms with Crippen LogP contribution in [-0.4, -0.2) is 7.11 Å². The lowest BCUT2D eigenvalue weighted by molar-refractivity contribution is 0.416. The van der Waals surface area contributed by atoms with Crippen molar-refractivity contribution < 1.29 is 4.74 Å². The van der Waals surface area contributed by atoms with E-state index in [-0.39, 0.29) is 6.04 Å². The molecular weight excluding hydrogens is 307 g/mol. The number of nitrogens with one attached hydrogen (secondary N) is 1. The van der Waals surface area contributed by atoms with E-state index in [9.17, 15) is 0 Å². The summed E-state index contributed by atoms with van der Waals surface area (Å²) in [7, 11) is 1.57. The molecule has 0 saturated carbocycles.